The van der Waals surface area contributed by atoms with E-state index in [1.54, 1.807) is 11.4 Å². The Morgan fingerprint density at radius 2 is 2.12 bits per heavy atom. The van der Waals surface area contributed by atoms with Crippen molar-refractivity contribution in [1.29, 1.82) is 0 Å². The van der Waals surface area contributed by atoms with E-state index in [4.69, 9.17) is 0 Å². The Hall–Kier alpha value is -0.890. The van der Waals surface area contributed by atoms with Crippen LogP contribution in [0.15, 0.2) is 11.4 Å². The largest absolute Gasteiger partial charge is 0.471 e. The molecule has 17 heavy (non-hydrogen) atoms. The third-order valence-electron chi connectivity index (χ3n) is 2.34. The van der Waals surface area contributed by atoms with Gasteiger partial charge >= 0.3 is 12.1 Å². The van der Waals surface area contributed by atoms with Gasteiger partial charge in [-0.2, -0.15) is 13.2 Å². The molecular weight excluding hydrogens is 323 g/mol. The number of halogens is 4. The maximum absolute atomic E-state index is 12.1. The number of hydrogen-bond donors (Lipinski definition) is 1. The number of carbonyl (C=O) groups excluding carboxylic acids is 2. The van der Waals surface area contributed by atoms with Crippen molar-refractivity contribution in [3.8, 4) is 0 Å². The molecule has 1 aromatic rings. The van der Waals surface area contributed by atoms with Crippen molar-refractivity contribution in [3.63, 3.8) is 0 Å². The van der Waals surface area contributed by atoms with Gasteiger partial charge in [-0.25, -0.2) is 0 Å². The lowest BCUT2D eigenvalue weighted by molar-refractivity contribution is -0.174. The molecule has 1 aliphatic carbocycles. The first-order chi connectivity index (χ1) is 7.82. The summed E-state index contributed by atoms with van der Waals surface area (Å²) >= 11 is 4.15. The quantitative estimate of drug-likeness (QED) is 0.805. The predicted octanol–water partition coefficient (Wildman–Crippen LogP) is 2.43. The topological polar surface area (TPSA) is 46.2 Å². The van der Waals surface area contributed by atoms with Gasteiger partial charge in [-0.3, -0.25) is 9.59 Å². The lowest BCUT2D eigenvalue weighted by Crippen LogP contribution is -2.41. The smallest absolute Gasteiger partial charge is 0.340 e. The van der Waals surface area contributed by atoms with Gasteiger partial charge in [0.15, 0.2) is 5.78 Å². The van der Waals surface area contributed by atoms with Crippen molar-refractivity contribution in [2.75, 3.05) is 0 Å². The first kappa shape index (κ1) is 12.6. The highest BCUT2D eigenvalue weighted by atomic mass is 79.9. The van der Waals surface area contributed by atoms with Crippen LogP contribution in [0.2, 0.25) is 0 Å². The summed E-state index contributed by atoms with van der Waals surface area (Å²) in [5.74, 6) is -2.35. The van der Waals surface area contributed by atoms with Gasteiger partial charge in [0.1, 0.15) is 4.83 Å². The highest BCUT2D eigenvalue weighted by Crippen LogP contribution is 2.39. The molecule has 0 spiro atoms. The van der Waals surface area contributed by atoms with Crippen molar-refractivity contribution >= 4 is 39.0 Å². The van der Waals surface area contributed by atoms with Crippen LogP contribution >= 0.6 is 27.3 Å². The number of hydrogen-bond acceptors (Lipinski definition) is 3. The van der Waals surface area contributed by atoms with Crippen molar-refractivity contribution in [2.24, 2.45) is 0 Å². The fourth-order valence-electron chi connectivity index (χ4n) is 1.57. The van der Waals surface area contributed by atoms with E-state index in [9.17, 15) is 22.8 Å². The molecule has 3 nitrogen and oxygen atoms in total. The molecule has 8 heteroatoms. The standard InChI is InChI=1S/C9H5BrF3NO2S/c10-4-5(14-8(16)9(11,12)13)3-1-2-17-7(3)6(4)15/h1-2,4-5H,(H,14,16)/t4-,5+/m1/s1. The van der Waals surface area contributed by atoms with Gasteiger partial charge < -0.3 is 5.32 Å². The highest BCUT2D eigenvalue weighted by molar-refractivity contribution is 9.10. The molecular formula is C9H5BrF3NO2S. The van der Waals surface area contributed by atoms with Crippen LogP contribution in [0.5, 0.6) is 0 Å². The molecule has 92 valence electrons. The van der Waals surface area contributed by atoms with Crippen LogP contribution in [0.4, 0.5) is 13.2 Å². The van der Waals surface area contributed by atoms with Gasteiger partial charge in [-0.1, -0.05) is 15.9 Å². The van der Waals surface area contributed by atoms with Crippen LogP contribution in [0, 0.1) is 0 Å². The molecule has 0 saturated heterocycles. The van der Waals surface area contributed by atoms with Crippen LogP contribution in [0.25, 0.3) is 0 Å². The molecule has 0 aliphatic heterocycles. The predicted molar refractivity (Wildman–Crippen MR) is 58.3 cm³/mol. The summed E-state index contributed by atoms with van der Waals surface area (Å²) in [6.07, 6.45) is -4.95. The molecule has 2 atom stereocenters. The Balaban J connectivity index is 2.24. The number of thiophene rings is 1. The van der Waals surface area contributed by atoms with Gasteiger partial charge in [-0.05, 0) is 17.0 Å². The number of rotatable bonds is 1. The maximum Gasteiger partial charge on any atom is 0.471 e. The van der Waals surface area contributed by atoms with E-state index in [2.05, 4.69) is 15.9 Å². The Morgan fingerprint density at radius 1 is 1.47 bits per heavy atom. The number of nitrogens with one attached hydrogen (secondary N) is 1. The number of carbonyl (C=O) groups is 2. The summed E-state index contributed by atoms with van der Waals surface area (Å²) in [4.78, 5) is 22.0. The molecule has 2 rings (SSSR count). The fourth-order valence-corrected chi connectivity index (χ4v) is 3.29. The fraction of sp³-hybridized carbons (Fsp3) is 0.333. The third-order valence-corrected chi connectivity index (χ3v) is 4.23. The molecule has 1 amide bonds. The molecule has 0 bridgehead atoms. The van der Waals surface area contributed by atoms with E-state index in [1.165, 1.54) is 0 Å². The Kier molecular flexibility index (Phi) is 3.03. The van der Waals surface area contributed by atoms with Crippen LogP contribution in [0.1, 0.15) is 21.3 Å². The van der Waals surface area contributed by atoms with E-state index in [1.807, 2.05) is 5.32 Å². The van der Waals surface area contributed by atoms with Crippen LogP contribution in [-0.4, -0.2) is 22.7 Å². The molecule has 0 radical (unpaired) electrons. The molecule has 1 aromatic heterocycles. The Morgan fingerprint density at radius 3 is 2.71 bits per heavy atom. The minimum atomic E-state index is -4.95. The monoisotopic (exact) mass is 327 g/mol. The zero-order valence-corrected chi connectivity index (χ0v) is 10.4. The SMILES string of the molecule is O=C1c2sccc2[C@H](NC(=O)C(F)(F)F)[C@H]1Br. The zero-order valence-electron chi connectivity index (χ0n) is 8.05. The minimum absolute atomic E-state index is 0.303. The van der Waals surface area contributed by atoms with Crippen LogP contribution in [0.3, 0.4) is 0 Å². The number of amides is 1. The first-order valence-electron chi connectivity index (χ1n) is 4.45. The highest BCUT2D eigenvalue weighted by Gasteiger charge is 2.45. The van der Waals surface area contributed by atoms with Gasteiger partial charge in [0.25, 0.3) is 0 Å². The number of Topliss-reactive ketones (excluding diaryl/α,β-unsaturated/α-hetero) is 1. The van der Waals surface area contributed by atoms with E-state index in [0.29, 0.717) is 10.4 Å². The van der Waals surface area contributed by atoms with Crippen LogP contribution < -0.4 is 5.32 Å². The molecule has 1 heterocycles. The summed E-state index contributed by atoms with van der Waals surface area (Å²) in [7, 11) is 0. The molecule has 1 N–H and O–H groups in total. The van der Waals surface area contributed by atoms with E-state index >= 15 is 0 Å². The summed E-state index contributed by atoms with van der Waals surface area (Å²) < 4.78 is 36.4. The lowest BCUT2D eigenvalue weighted by atomic mass is 10.2. The first-order valence-corrected chi connectivity index (χ1v) is 6.25. The average molecular weight is 328 g/mol. The zero-order chi connectivity index (χ0) is 12.8. The molecule has 0 saturated carbocycles. The summed E-state index contributed by atoms with van der Waals surface area (Å²) in [6, 6.07) is 0.582. The number of ketones is 1. The molecule has 0 aromatic carbocycles. The van der Waals surface area contributed by atoms with E-state index in [-0.39, 0.29) is 5.78 Å². The van der Waals surface area contributed by atoms with Crippen molar-refractivity contribution in [3.05, 3.63) is 21.9 Å². The normalized spacial score (nSPS) is 23.6. The second-order valence-corrected chi connectivity index (χ2v) is 5.32. The van der Waals surface area contributed by atoms with Crippen molar-refractivity contribution in [2.45, 2.75) is 17.0 Å². The third kappa shape index (κ3) is 2.11. The lowest BCUT2D eigenvalue weighted by Gasteiger charge is -2.17. The maximum atomic E-state index is 12.1. The average Bonchev–Trinajstić information content (AvgIpc) is 2.76. The van der Waals surface area contributed by atoms with Crippen LogP contribution in [-0.2, 0) is 4.79 Å². The minimum Gasteiger partial charge on any atom is -0.340 e. The second kappa shape index (κ2) is 4.09. The van der Waals surface area contributed by atoms with Gasteiger partial charge in [-0.15, -0.1) is 11.3 Å². The van der Waals surface area contributed by atoms with Crippen molar-refractivity contribution < 1.29 is 22.8 Å². The number of fused-ring (bicyclic) bond motifs is 1. The Bertz CT molecular complexity index is 485. The molecule has 0 unspecified atom stereocenters. The number of alkyl halides is 4. The van der Waals surface area contributed by atoms with Gasteiger partial charge in [0, 0.05) is 0 Å². The molecule has 1 aliphatic rings. The van der Waals surface area contributed by atoms with E-state index < -0.39 is 23.0 Å². The van der Waals surface area contributed by atoms with Gasteiger partial charge in [0.05, 0.1) is 10.9 Å². The van der Waals surface area contributed by atoms with Gasteiger partial charge in [0.2, 0.25) is 0 Å². The summed E-state index contributed by atoms with van der Waals surface area (Å²) in [5.41, 5.74) is 0.430. The van der Waals surface area contributed by atoms with E-state index in [0.717, 1.165) is 11.3 Å². The summed E-state index contributed by atoms with van der Waals surface area (Å²) in [5, 5.41) is 3.42. The Labute approximate surface area is 106 Å². The molecule has 0 fully saturated rings. The summed E-state index contributed by atoms with van der Waals surface area (Å²) in [6.45, 7) is 0. The second-order valence-electron chi connectivity index (χ2n) is 3.42. The van der Waals surface area contributed by atoms with Crippen molar-refractivity contribution in [1.82, 2.24) is 5.32 Å².